The van der Waals surface area contributed by atoms with E-state index in [0.717, 1.165) is 12.1 Å². The highest BCUT2D eigenvalue weighted by molar-refractivity contribution is 5.46. The molecule has 3 rings (SSSR count). The Kier molecular flexibility index (Phi) is 3.03. The van der Waals surface area contributed by atoms with Crippen LogP contribution in [0.5, 0.6) is 0 Å². The molecule has 2 heteroatoms. The van der Waals surface area contributed by atoms with Gasteiger partial charge in [-0.25, -0.2) is 0 Å². The molecule has 2 unspecified atom stereocenters. The summed E-state index contributed by atoms with van der Waals surface area (Å²) in [4.78, 5) is 0. The minimum Gasteiger partial charge on any atom is -0.399 e. The van der Waals surface area contributed by atoms with Crippen molar-refractivity contribution in [3.8, 4) is 0 Å². The van der Waals surface area contributed by atoms with E-state index >= 15 is 0 Å². The number of benzene rings is 2. The van der Waals surface area contributed by atoms with Crippen molar-refractivity contribution >= 4 is 5.69 Å². The van der Waals surface area contributed by atoms with E-state index in [2.05, 4.69) is 49.5 Å². The number of hydrogen-bond acceptors (Lipinski definition) is 2. The molecule has 2 nitrogen and oxygen atoms in total. The van der Waals surface area contributed by atoms with Crippen molar-refractivity contribution in [2.24, 2.45) is 0 Å². The van der Waals surface area contributed by atoms with Crippen molar-refractivity contribution in [3.63, 3.8) is 0 Å². The van der Waals surface area contributed by atoms with E-state index in [0.29, 0.717) is 6.04 Å². The second-order valence-corrected chi connectivity index (χ2v) is 5.57. The lowest BCUT2D eigenvalue weighted by Crippen LogP contribution is -2.37. The Morgan fingerprint density at radius 2 is 1.84 bits per heavy atom. The van der Waals surface area contributed by atoms with Crippen LogP contribution in [0, 0.1) is 6.92 Å². The van der Waals surface area contributed by atoms with Gasteiger partial charge in [0.1, 0.15) is 0 Å². The Morgan fingerprint density at radius 3 is 2.58 bits per heavy atom. The van der Waals surface area contributed by atoms with E-state index in [1.807, 2.05) is 12.1 Å². The van der Waals surface area contributed by atoms with E-state index in [1.165, 1.54) is 22.3 Å². The van der Waals surface area contributed by atoms with Crippen molar-refractivity contribution in [1.29, 1.82) is 0 Å². The zero-order valence-corrected chi connectivity index (χ0v) is 11.5. The lowest BCUT2D eigenvalue weighted by atomic mass is 9.86. The molecule has 0 amide bonds. The van der Waals surface area contributed by atoms with Crippen LogP contribution in [0.4, 0.5) is 5.69 Å². The van der Waals surface area contributed by atoms with Gasteiger partial charge in [-0.2, -0.15) is 0 Å². The van der Waals surface area contributed by atoms with Crippen LogP contribution in [0.2, 0.25) is 0 Å². The van der Waals surface area contributed by atoms with Gasteiger partial charge < -0.3 is 11.1 Å². The summed E-state index contributed by atoms with van der Waals surface area (Å²) in [6.45, 7) is 4.39. The standard InChI is InChI=1S/C17H20N2/c1-11-3-4-14-10-12(2)19-17(16(14)9-11)13-5-7-15(18)8-6-13/h3-9,12,17,19H,10,18H2,1-2H3. The van der Waals surface area contributed by atoms with Crippen LogP contribution in [-0.4, -0.2) is 6.04 Å². The predicted octanol–water partition coefficient (Wildman–Crippen LogP) is 3.20. The summed E-state index contributed by atoms with van der Waals surface area (Å²) in [7, 11) is 0. The summed E-state index contributed by atoms with van der Waals surface area (Å²) in [6.07, 6.45) is 1.10. The fourth-order valence-electron chi connectivity index (χ4n) is 2.90. The van der Waals surface area contributed by atoms with E-state index in [1.54, 1.807) is 0 Å². The first-order valence-corrected chi connectivity index (χ1v) is 6.84. The van der Waals surface area contributed by atoms with Gasteiger partial charge >= 0.3 is 0 Å². The minimum absolute atomic E-state index is 0.277. The molecule has 98 valence electrons. The van der Waals surface area contributed by atoms with Gasteiger partial charge in [0.2, 0.25) is 0 Å². The number of fused-ring (bicyclic) bond motifs is 1. The first-order valence-electron chi connectivity index (χ1n) is 6.84. The van der Waals surface area contributed by atoms with E-state index in [9.17, 15) is 0 Å². The van der Waals surface area contributed by atoms with Gasteiger partial charge in [0.15, 0.2) is 0 Å². The normalized spacial score (nSPS) is 22.0. The van der Waals surface area contributed by atoms with Crippen LogP contribution in [0.25, 0.3) is 0 Å². The van der Waals surface area contributed by atoms with E-state index in [-0.39, 0.29) is 6.04 Å². The monoisotopic (exact) mass is 252 g/mol. The number of hydrogen-bond donors (Lipinski definition) is 2. The third-order valence-electron chi connectivity index (χ3n) is 3.86. The van der Waals surface area contributed by atoms with Crippen molar-refractivity contribution in [2.45, 2.75) is 32.4 Å². The average Bonchev–Trinajstić information content (AvgIpc) is 2.39. The fourth-order valence-corrected chi connectivity index (χ4v) is 2.90. The van der Waals surface area contributed by atoms with Crippen LogP contribution in [0.3, 0.4) is 0 Å². The van der Waals surface area contributed by atoms with Crippen molar-refractivity contribution in [1.82, 2.24) is 5.32 Å². The maximum Gasteiger partial charge on any atom is 0.0581 e. The maximum atomic E-state index is 5.78. The van der Waals surface area contributed by atoms with Gasteiger partial charge in [-0.05, 0) is 49.1 Å². The molecule has 0 saturated carbocycles. The summed E-state index contributed by atoms with van der Waals surface area (Å²) in [5, 5.41) is 3.69. The van der Waals surface area contributed by atoms with Gasteiger partial charge in [0.25, 0.3) is 0 Å². The second-order valence-electron chi connectivity index (χ2n) is 5.57. The quantitative estimate of drug-likeness (QED) is 0.765. The molecule has 0 saturated heterocycles. The third-order valence-corrected chi connectivity index (χ3v) is 3.86. The number of nitrogen functional groups attached to an aromatic ring is 1. The van der Waals surface area contributed by atoms with Crippen molar-refractivity contribution in [3.05, 3.63) is 64.7 Å². The highest BCUT2D eigenvalue weighted by Crippen LogP contribution is 2.31. The molecule has 2 aromatic carbocycles. The SMILES string of the molecule is Cc1ccc2c(c1)C(c1ccc(N)cc1)NC(C)C2. The van der Waals surface area contributed by atoms with Crippen molar-refractivity contribution < 1.29 is 0 Å². The van der Waals surface area contributed by atoms with Crippen molar-refractivity contribution in [2.75, 3.05) is 5.73 Å². The third kappa shape index (κ3) is 2.36. The highest BCUT2D eigenvalue weighted by atomic mass is 15.0. The Labute approximate surface area is 114 Å². The van der Waals surface area contributed by atoms with Crippen LogP contribution < -0.4 is 11.1 Å². The number of nitrogens with one attached hydrogen (secondary N) is 1. The van der Waals surface area contributed by atoms with E-state index in [4.69, 9.17) is 5.73 Å². The van der Waals surface area contributed by atoms with E-state index < -0.39 is 0 Å². The summed E-state index contributed by atoms with van der Waals surface area (Å²) in [5.41, 5.74) is 12.1. The largest absolute Gasteiger partial charge is 0.399 e. The van der Waals surface area contributed by atoms with Crippen LogP contribution in [0.15, 0.2) is 42.5 Å². The van der Waals surface area contributed by atoms with Gasteiger partial charge in [0.05, 0.1) is 6.04 Å². The second kappa shape index (κ2) is 4.71. The fraction of sp³-hybridized carbons (Fsp3) is 0.294. The highest BCUT2D eigenvalue weighted by Gasteiger charge is 2.24. The molecule has 2 atom stereocenters. The molecule has 19 heavy (non-hydrogen) atoms. The smallest absolute Gasteiger partial charge is 0.0581 e. The number of rotatable bonds is 1. The molecule has 1 aliphatic heterocycles. The zero-order valence-electron chi connectivity index (χ0n) is 11.5. The molecular weight excluding hydrogens is 232 g/mol. The summed E-state index contributed by atoms with van der Waals surface area (Å²) < 4.78 is 0. The molecule has 0 aliphatic carbocycles. The van der Waals surface area contributed by atoms with Gasteiger partial charge in [0, 0.05) is 11.7 Å². The first kappa shape index (κ1) is 12.2. The lowest BCUT2D eigenvalue weighted by Gasteiger charge is -2.32. The van der Waals surface area contributed by atoms with Crippen LogP contribution >= 0.6 is 0 Å². The molecular formula is C17H20N2. The van der Waals surface area contributed by atoms with Crippen LogP contribution in [-0.2, 0) is 6.42 Å². The first-order chi connectivity index (χ1) is 9.13. The molecule has 0 radical (unpaired) electrons. The Bertz CT molecular complexity index is 587. The molecule has 1 aliphatic rings. The van der Waals surface area contributed by atoms with Gasteiger partial charge in [-0.3, -0.25) is 0 Å². The Hall–Kier alpha value is -1.80. The molecule has 1 heterocycles. The predicted molar refractivity (Wildman–Crippen MR) is 80.2 cm³/mol. The topological polar surface area (TPSA) is 38.0 Å². The molecule has 0 aromatic heterocycles. The number of nitrogens with two attached hydrogens (primary N) is 1. The van der Waals surface area contributed by atoms with Crippen LogP contribution in [0.1, 0.15) is 35.2 Å². The Morgan fingerprint density at radius 1 is 1.11 bits per heavy atom. The zero-order chi connectivity index (χ0) is 13.4. The summed E-state index contributed by atoms with van der Waals surface area (Å²) in [6, 6.07) is 15.8. The summed E-state index contributed by atoms with van der Waals surface area (Å²) in [5.74, 6) is 0. The number of anilines is 1. The van der Waals surface area contributed by atoms with Gasteiger partial charge in [-0.1, -0.05) is 35.9 Å². The molecule has 0 fully saturated rings. The Balaban J connectivity index is 2.07. The number of aryl methyl sites for hydroxylation is 1. The molecule has 2 aromatic rings. The maximum absolute atomic E-state index is 5.78. The molecule has 3 N–H and O–H groups in total. The minimum atomic E-state index is 0.277. The average molecular weight is 252 g/mol. The lowest BCUT2D eigenvalue weighted by molar-refractivity contribution is 0.464. The van der Waals surface area contributed by atoms with Gasteiger partial charge in [-0.15, -0.1) is 0 Å². The molecule has 0 spiro atoms. The summed E-state index contributed by atoms with van der Waals surface area (Å²) >= 11 is 0. The molecule has 0 bridgehead atoms.